The highest BCUT2D eigenvalue weighted by Crippen LogP contribution is 2.14. The molecule has 1 atom stereocenters. The van der Waals surface area contributed by atoms with Crippen molar-refractivity contribution in [3.63, 3.8) is 0 Å². The first-order chi connectivity index (χ1) is 10.0. The molecule has 0 N–H and O–H groups in total. The summed E-state index contributed by atoms with van der Waals surface area (Å²) in [6, 6.07) is 0. The molecule has 2 fully saturated rings. The second-order valence-electron chi connectivity index (χ2n) is 7.40. The summed E-state index contributed by atoms with van der Waals surface area (Å²) in [5, 5.41) is 0. The fourth-order valence-corrected chi connectivity index (χ4v) is 3.73. The van der Waals surface area contributed by atoms with Crippen LogP contribution >= 0.6 is 0 Å². The average molecular weight is 295 g/mol. The number of carbonyl (C=O) groups excluding carboxylic acids is 1. The van der Waals surface area contributed by atoms with E-state index in [1.54, 1.807) is 0 Å². The first-order valence-corrected chi connectivity index (χ1v) is 8.77. The third-order valence-electron chi connectivity index (χ3n) is 4.73. The molecule has 4 nitrogen and oxygen atoms in total. The standard InChI is InChI=1S/C17H33N3O/c1-15(2)12-16(3)13-19-8-10-20(11-9-19)17(21)14-18-6-4-5-7-18/h15-16H,4-14H2,1-3H3. The van der Waals surface area contributed by atoms with Crippen LogP contribution in [0.1, 0.15) is 40.0 Å². The quantitative estimate of drug-likeness (QED) is 0.749. The summed E-state index contributed by atoms with van der Waals surface area (Å²) in [5.41, 5.74) is 0. The van der Waals surface area contributed by atoms with Crippen LogP contribution in [0.5, 0.6) is 0 Å². The predicted molar refractivity (Wildman–Crippen MR) is 87.3 cm³/mol. The van der Waals surface area contributed by atoms with Gasteiger partial charge in [-0.2, -0.15) is 0 Å². The summed E-state index contributed by atoms with van der Waals surface area (Å²) in [5.74, 6) is 1.88. The van der Waals surface area contributed by atoms with Crippen LogP contribution in [0, 0.1) is 11.8 Å². The molecule has 0 radical (unpaired) electrons. The van der Waals surface area contributed by atoms with Gasteiger partial charge >= 0.3 is 0 Å². The van der Waals surface area contributed by atoms with E-state index in [1.165, 1.54) is 25.8 Å². The first-order valence-electron chi connectivity index (χ1n) is 8.77. The molecule has 2 saturated heterocycles. The topological polar surface area (TPSA) is 26.8 Å². The Balaban J connectivity index is 1.66. The minimum Gasteiger partial charge on any atom is -0.339 e. The number of nitrogens with zero attached hydrogens (tertiary/aromatic N) is 3. The van der Waals surface area contributed by atoms with Gasteiger partial charge in [0, 0.05) is 32.7 Å². The average Bonchev–Trinajstić information content (AvgIpc) is 2.91. The number of likely N-dealkylation sites (tertiary alicyclic amines) is 1. The van der Waals surface area contributed by atoms with Gasteiger partial charge in [0.15, 0.2) is 0 Å². The smallest absolute Gasteiger partial charge is 0.236 e. The largest absolute Gasteiger partial charge is 0.339 e. The minimum absolute atomic E-state index is 0.340. The molecule has 0 spiro atoms. The molecule has 0 bridgehead atoms. The fourth-order valence-electron chi connectivity index (χ4n) is 3.73. The molecule has 0 aromatic heterocycles. The molecule has 2 rings (SSSR count). The van der Waals surface area contributed by atoms with Crippen molar-refractivity contribution in [2.75, 3.05) is 52.4 Å². The van der Waals surface area contributed by atoms with Crippen molar-refractivity contribution in [2.24, 2.45) is 11.8 Å². The van der Waals surface area contributed by atoms with Crippen molar-refractivity contribution < 1.29 is 4.79 Å². The van der Waals surface area contributed by atoms with Gasteiger partial charge in [-0.3, -0.25) is 14.6 Å². The zero-order chi connectivity index (χ0) is 15.2. The van der Waals surface area contributed by atoms with Gasteiger partial charge in [0.05, 0.1) is 6.54 Å². The molecule has 1 unspecified atom stereocenters. The summed E-state index contributed by atoms with van der Waals surface area (Å²) in [6.45, 7) is 14.9. The number of piperazine rings is 1. The number of carbonyl (C=O) groups is 1. The second kappa shape index (κ2) is 8.14. The fraction of sp³-hybridized carbons (Fsp3) is 0.941. The molecule has 0 saturated carbocycles. The van der Waals surface area contributed by atoms with Crippen LogP contribution in [-0.4, -0.2) is 73.0 Å². The lowest BCUT2D eigenvalue weighted by atomic mass is 9.98. The Bertz CT molecular complexity index is 318. The molecular formula is C17H33N3O. The van der Waals surface area contributed by atoms with Crippen LogP contribution < -0.4 is 0 Å². The zero-order valence-corrected chi connectivity index (χ0v) is 14.2. The van der Waals surface area contributed by atoms with Crippen molar-refractivity contribution in [3.05, 3.63) is 0 Å². The summed E-state index contributed by atoms with van der Waals surface area (Å²) < 4.78 is 0. The third kappa shape index (κ3) is 5.59. The van der Waals surface area contributed by atoms with Crippen molar-refractivity contribution in [3.8, 4) is 0 Å². The number of rotatable bonds is 6. The van der Waals surface area contributed by atoms with Crippen LogP contribution in [0.3, 0.4) is 0 Å². The van der Waals surface area contributed by atoms with E-state index in [-0.39, 0.29) is 0 Å². The van der Waals surface area contributed by atoms with Crippen LogP contribution in [0.2, 0.25) is 0 Å². The van der Waals surface area contributed by atoms with E-state index in [2.05, 4.69) is 35.5 Å². The SMILES string of the molecule is CC(C)CC(C)CN1CCN(C(=O)CN2CCCC2)CC1. The summed E-state index contributed by atoms with van der Waals surface area (Å²) >= 11 is 0. The van der Waals surface area contributed by atoms with E-state index >= 15 is 0 Å². The molecule has 21 heavy (non-hydrogen) atoms. The lowest BCUT2D eigenvalue weighted by Crippen LogP contribution is -2.51. The Morgan fingerprint density at radius 1 is 0.905 bits per heavy atom. The molecule has 2 aliphatic rings. The number of hydrogen-bond acceptors (Lipinski definition) is 3. The van der Waals surface area contributed by atoms with Crippen LogP contribution in [0.4, 0.5) is 0 Å². The van der Waals surface area contributed by atoms with E-state index in [1.807, 2.05) is 0 Å². The molecule has 0 aromatic carbocycles. The summed E-state index contributed by atoms with van der Waals surface area (Å²) in [7, 11) is 0. The van der Waals surface area contributed by atoms with Gasteiger partial charge in [-0.05, 0) is 44.2 Å². The Morgan fingerprint density at radius 2 is 1.52 bits per heavy atom. The Morgan fingerprint density at radius 3 is 2.10 bits per heavy atom. The van der Waals surface area contributed by atoms with Gasteiger partial charge < -0.3 is 4.90 Å². The molecule has 122 valence electrons. The van der Waals surface area contributed by atoms with Crippen LogP contribution in [-0.2, 0) is 4.79 Å². The molecule has 0 aromatic rings. The maximum absolute atomic E-state index is 12.3. The van der Waals surface area contributed by atoms with Gasteiger partial charge in [-0.1, -0.05) is 20.8 Å². The van der Waals surface area contributed by atoms with Crippen LogP contribution in [0.15, 0.2) is 0 Å². The van der Waals surface area contributed by atoms with E-state index in [9.17, 15) is 4.79 Å². The van der Waals surface area contributed by atoms with Gasteiger partial charge in [0.25, 0.3) is 0 Å². The summed E-state index contributed by atoms with van der Waals surface area (Å²) in [4.78, 5) is 19.2. The van der Waals surface area contributed by atoms with Crippen molar-refractivity contribution in [1.82, 2.24) is 14.7 Å². The highest BCUT2D eigenvalue weighted by molar-refractivity contribution is 5.78. The number of amides is 1. The number of hydrogen-bond donors (Lipinski definition) is 0. The van der Waals surface area contributed by atoms with Gasteiger partial charge in [-0.15, -0.1) is 0 Å². The van der Waals surface area contributed by atoms with E-state index in [0.717, 1.165) is 51.1 Å². The molecular weight excluding hydrogens is 262 g/mol. The third-order valence-corrected chi connectivity index (χ3v) is 4.73. The zero-order valence-electron chi connectivity index (χ0n) is 14.2. The minimum atomic E-state index is 0.340. The van der Waals surface area contributed by atoms with E-state index in [4.69, 9.17) is 0 Å². The Labute approximate surface area is 130 Å². The lowest BCUT2D eigenvalue weighted by molar-refractivity contribution is -0.134. The Hall–Kier alpha value is -0.610. The molecule has 2 heterocycles. The Kier molecular flexibility index (Phi) is 6.49. The van der Waals surface area contributed by atoms with Crippen molar-refractivity contribution >= 4 is 5.91 Å². The van der Waals surface area contributed by atoms with E-state index < -0.39 is 0 Å². The molecule has 4 heteroatoms. The highest BCUT2D eigenvalue weighted by atomic mass is 16.2. The molecule has 2 aliphatic heterocycles. The highest BCUT2D eigenvalue weighted by Gasteiger charge is 2.24. The maximum atomic E-state index is 12.3. The van der Waals surface area contributed by atoms with Crippen LogP contribution in [0.25, 0.3) is 0 Å². The second-order valence-corrected chi connectivity index (χ2v) is 7.40. The van der Waals surface area contributed by atoms with Crippen molar-refractivity contribution in [2.45, 2.75) is 40.0 Å². The first kappa shape index (κ1) is 16.8. The van der Waals surface area contributed by atoms with Gasteiger partial charge in [0.2, 0.25) is 5.91 Å². The van der Waals surface area contributed by atoms with E-state index in [0.29, 0.717) is 12.5 Å². The normalized spacial score (nSPS) is 23.0. The lowest BCUT2D eigenvalue weighted by Gasteiger charge is -2.36. The van der Waals surface area contributed by atoms with Crippen molar-refractivity contribution in [1.29, 1.82) is 0 Å². The maximum Gasteiger partial charge on any atom is 0.236 e. The van der Waals surface area contributed by atoms with Gasteiger partial charge in [-0.25, -0.2) is 0 Å². The van der Waals surface area contributed by atoms with Gasteiger partial charge in [0.1, 0.15) is 0 Å². The summed E-state index contributed by atoms with van der Waals surface area (Å²) in [6.07, 6.45) is 3.82. The monoisotopic (exact) mass is 295 g/mol. The molecule has 1 amide bonds. The molecule has 0 aliphatic carbocycles. The predicted octanol–water partition coefficient (Wildman–Crippen LogP) is 1.91.